The third-order valence-electron chi connectivity index (χ3n) is 2.97. The summed E-state index contributed by atoms with van der Waals surface area (Å²) in [6, 6.07) is 0. The molecule has 1 aliphatic rings. The SMILES string of the molecule is O=[N+]([O-])c1c(C=S)ncnc1NC1O[C@H](CO)[C@@H](O)[C@H]1O. The Morgan fingerprint density at radius 2 is 2.19 bits per heavy atom. The predicted octanol–water partition coefficient (Wildman–Crippen LogP) is -1.42. The van der Waals surface area contributed by atoms with Gasteiger partial charge in [-0.05, 0) is 0 Å². The predicted molar refractivity (Wildman–Crippen MR) is 72.8 cm³/mol. The number of ether oxygens (including phenoxy) is 1. The molecule has 11 heteroatoms. The Hall–Kier alpha value is -1.79. The lowest BCUT2D eigenvalue weighted by atomic mass is 10.1. The minimum Gasteiger partial charge on any atom is -0.394 e. The van der Waals surface area contributed by atoms with Gasteiger partial charge in [0.05, 0.1) is 11.5 Å². The molecule has 0 spiro atoms. The van der Waals surface area contributed by atoms with Gasteiger partial charge >= 0.3 is 5.69 Å². The van der Waals surface area contributed by atoms with Gasteiger partial charge in [-0.15, -0.1) is 0 Å². The number of aromatic nitrogens is 2. The molecule has 0 aromatic carbocycles. The van der Waals surface area contributed by atoms with Crippen LogP contribution in [0.5, 0.6) is 0 Å². The Labute approximate surface area is 123 Å². The molecule has 4 atom stereocenters. The van der Waals surface area contributed by atoms with Gasteiger partial charge in [-0.2, -0.15) is 0 Å². The molecule has 1 aliphatic heterocycles. The number of nitro groups is 1. The lowest BCUT2D eigenvalue weighted by Gasteiger charge is -2.16. The second-order valence-corrected chi connectivity index (χ2v) is 4.47. The average Bonchev–Trinajstić information content (AvgIpc) is 2.74. The molecule has 0 radical (unpaired) electrons. The summed E-state index contributed by atoms with van der Waals surface area (Å²) in [5.41, 5.74) is -0.538. The Balaban J connectivity index is 2.28. The van der Waals surface area contributed by atoms with Crippen molar-refractivity contribution in [2.24, 2.45) is 0 Å². The number of nitrogens with zero attached hydrogens (tertiary/aromatic N) is 3. The molecule has 114 valence electrons. The van der Waals surface area contributed by atoms with Crippen LogP contribution in [0.25, 0.3) is 0 Å². The van der Waals surface area contributed by atoms with Crippen LogP contribution in [-0.2, 0) is 4.74 Å². The molecule has 4 N–H and O–H groups in total. The van der Waals surface area contributed by atoms with Crippen LogP contribution < -0.4 is 5.32 Å². The number of hydrogen-bond donors (Lipinski definition) is 4. The monoisotopic (exact) mass is 316 g/mol. The minimum atomic E-state index is -1.38. The lowest BCUT2D eigenvalue weighted by Crippen LogP contribution is -2.36. The second kappa shape index (κ2) is 6.32. The third-order valence-corrected chi connectivity index (χ3v) is 3.19. The molecule has 0 bridgehead atoms. The first-order chi connectivity index (χ1) is 9.99. The summed E-state index contributed by atoms with van der Waals surface area (Å²) >= 11 is 4.65. The van der Waals surface area contributed by atoms with Crippen molar-refractivity contribution in [2.75, 3.05) is 11.9 Å². The van der Waals surface area contributed by atoms with Crippen LogP contribution in [0, 0.1) is 10.1 Å². The number of aliphatic hydroxyl groups excluding tert-OH is 3. The molecular weight excluding hydrogens is 304 g/mol. The maximum absolute atomic E-state index is 11.1. The van der Waals surface area contributed by atoms with Crippen LogP contribution in [0.1, 0.15) is 5.69 Å². The van der Waals surface area contributed by atoms with Gasteiger partial charge in [0.15, 0.2) is 11.9 Å². The maximum Gasteiger partial charge on any atom is 0.337 e. The van der Waals surface area contributed by atoms with Crippen molar-refractivity contribution in [1.29, 1.82) is 0 Å². The van der Waals surface area contributed by atoms with Crippen molar-refractivity contribution >= 4 is 29.1 Å². The number of nitrogens with one attached hydrogen (secondary N) is 1. The minimum absolute atomic E-state index is 0.0701. The van der Waals surface area contributed by atoms with E-state index in [4.69, 9.17) is 9.84 Å². The molecule has 2 rings (SSSR count). The quantitative estimate of drug-likeness (QED) is 0.289. The van der Waals surface area contributed by atoms with Crippen molar-refractivity contribution in [2.45, 2.75) is 24.5 Å². The van der Waals surface area contributed by atoms with E-state index in [-0.39, 0.29) is 11.5 Å². The van der Waals surface area contributed by atoms with Gasteiger partial charge in [0.2, 0.25) is 5.82 Å². The largest absolute Gasteiger partial charge is 0.394 e. The van der Waals surface area contributed by atoms with Crippen LogP contribution in [0.15, 0.2) is 6.33 Å². The Morgan fingerprint density at radius 3 is 2.71 bits per heavy atom. The van der Waals surface area contributed by atoms with E-state index in [2.05, 4.69) is 27.5 Å². The summed E-state index contributed by atoms with van der Waals surface area (Å²) in [6.07, 6.45) is -3.80. The number of aliphatic hydroxyl groups is 3. The maximum atomic E-state index is 11.1. The normalized spacial score (nSPS) is 28.3. The van der Waals surface area contributed by atoms with Gasteiger partial charge in [0.25, 0.3) is 0 Å². The smallest absolute Gasteiger partial charge is 0.337 e. The highest BCUT2D eigenvalue weighted by Crippen LogP contribution is 2.28. The molecule has 1 unspecified atom stereocenters. The van der Waals surface area contributed by atoms with Gasteiger partial charge in [0.1, 0.15) is 24.6 Å². The molecule has 1 saturated heterocycles. The molecule has 1 aromatic rings. The highest BCUT2D eigenvalue weighted by Gasteiger charge is 2.43. The Kier molecular flexibility index (Phi) is 4.69. The van der Waals surface area contributed by atoms with E-state index in [1.54, 1.807) is 0 Å². The molecule has 0 amide bonds. The van der Waals surface area contributed by atoms with Crippen LogP contribution in [-0.4, -0.2) is 66.7 Å². The number of hydrogen-bond acceptors (Lipinski definition) is 10. The van der Waals surface area contributed by atoms with Crippen molar-refractivity contribution < 1.29 is 25.0 Å². The van der Waals surface area contributed by atoms with Crippen molar-refractivity contribution in [3.63, 3.8) is 0 Å². The molecule has 1 fully saturated rings. The molecule has 0 aliphatic carbocycles. The Morgan fingerprint density at radius 1 is 1.48 bits per heavy atom. The fraction of sp³-hybridized carbons (Fsp3) is 0.500. The van der Waals surface area contributed by atoms with E-state index in [0.717, 1.165) is 11.7 Å². The first kappa shape index (κ1) is 15.6. The summed E-state index contributed by atoms with van der Waals surface area (Å²) in [5, 5.41) is 43.0. The topological polar surface area (TPSA) is 151 Å². The summed E-state index contributed by atoms with van der Waals surface area (Å²) in [7, 11) is 0. The van der Waals surface area contributed by atoms with Crippen molar-refractivity contribution in [1.82, 2.24) is 9.97 Å². The van der Waals surface area contributed by atoms with Gasteiger partial charge in [-0.1, -0.05) is 12.2 Å². The molecule has 1 aromatic heterocycles. The molecule has 0 saturated carbocycles. The summed E-state index contributed by atoms with van der Waals surface area (Å²) in [6.45, 7) is -0.506. The fourth-order valence-corrected chi connectivity index (χ4v) is 2.09. The first-order valence-corrected chi connectivity index (χ1v) is 6.30. The van der Waals surface area contributed by atoms with Crippen molar-refractivity contribution in [3.8, 4) is 0 Å². The molecule has 10 nitrogen and oxygen atoms in total. The van der Waals surface area contributed by atoms with Gasteiger partial charge in [-0.25, -0.2) is 9.97 Å². The fourth-order valence-electron chi connectivity index (χ4n) is 1.92. The van der Waals surface area contributed by atoms with E-state index in [9.17, 15) is 20.3 Å². The zero-order chi connectivity index (χ0) is 15.6. The van der Waals surface area contributed by atoms with Crippen molar-refractivity contribution in [3.05, 3.63) is 22.1 Å². The number of anilines is 1. The number of thiocarbonyl (C=S) groups is 1. The standard InChI is InChI=1S/C10H12N4O6S/c15-1-5-7(16)8(17)10(20-5)13-9-6(14(18)19)4(2-21)11-3-12-9/h2-3,5,7-8,10,15-17H,1H2,(H,11,12,13)/t5-,7-,8-,10?/m1/s1. The molecule has 21 heavy (non-hydrogen) atoms. The lowest BCUT2D eigenvalue weighted by molar-refractivity contribution is -0.384. The van der Waals surface area contributed by atoms with Crippen LogP contribution >= 0.6 is 12.2 Å². The summed E-state index contributed by atoms with van der Waals surface area (Å²) < 4.78 is 5.17. The van der Waals surface area contributed by atoms with E-state index in [1.165, 1.54) is 0 Å². The van der Waals surface area contributed by atoms with E-state index < -0.39 is 41.8 Å². The second-order valence-electron chi connectivity index (χ2n) is 4.23. The summed E-state index contributed by atoms with van der Waals surface area (Å²) in [4.78, 5) is 17.7. The average molecular weight is 316 g/mol. The van der Waals surface area contributed by atoms with E-state index in [1.807, 2.05) is 0 Å². The molecular formula is C10H12N4O6S. The highest BCUT2D eigenvalue weighted by atomic mass is 32.1. The zero-order valence-electron chi connectivity index (χ0n) is 10.5. The van der Waals surface area contributed by atoms with Gasteiger partial charge < -0.3 is 25.4 Å². The summed E-state index contributed by atoms with van der Waals surface area (Å²) in [5.74, 6) is -0.207. The van der Waals surface area contributed by atoms with Gasteiger partial charge in [-0.3, -0.25) is 10.1 Å². The van der Waals surface area contributed by atoms with Crippen LogP contribution in [0.4, 0.5) is 11.5 Å². The molecule has 2 heterocycles. The van der Waals surface area contributed by atoms with Crippen LogP contribution in [0.3, 0.4) is 0 Å². The van der Waals surface area contributed by atoms with E-state index >= 15 is 0 Å². The third kappa shape index (κ3) is 2.96. The first-order valence-electron chi connectivity index (χ1n) is 5.83. The zero-order valence-corrected chi connectivity index (χ0v) is 11.3. The van der Waals surface area contributed by atoms with Crippen LogP contribution in [0.2, 0.25) is 0 Å². The highest BCUT2D eigenvalue weighted by molar-refractivity contribution is 7.79. The Bertz CT molecular complexity index is 558. The number of rotatable bonds is 5. The van der Waals surface area contributed by atoms with Gasteiger partial charge in [0, 0.05) is 5.37 Å². The van der Waals surface area contributed by atoms with E-state index in [0.29, 0.717) is 0 Å².